The van der Waals surface area contributed by atoms with Crippen molar-refractivity contribution >= 4 is 16.8 Å². The SMILES string of the molecule is O=C(c1c[nH]c2ccccc12)N1CC(O)CO1. The molecule has 1 amide bonds. The van der Waals surface area contributed by atoms with Crippen LogP contribution in [-0.4, -0.2) is 40.3 Å². The zero-order chi connectivity index (χ0) is 11.8. The van der Waals surface area contributed by atoms with E-state index in [1.165, 1.54) is 5.06 Å². The highest BCUT2D eigenvalue weighted by Gasteiger charge is 2.28. The van der Waals surface area contributed by atoms with Gasteiger partial charge in [-0.3, -0.25) is 9.63 Å². The van der Waals surface area contributed by atoms with Gasteiger partial charge < -0.3 is 10.1 Å². The molecule has 5 heteroatoms. The average molecular weight is 232 g/mol. The minimum absolute atomic E-state index is 0.175. The third-order valence-corrected chi connectivity index (χ3v) is 2.85. The van der Waals surface area contributed by atoms with Gasteiger partial charge in [0.25, 0.3) is 5.91 Å². The summed E-state index contributed by atoms with van der Waals surface area (Å²) < 4.78 is 0. The molecule has 0 bridgehead atoms. The topological polar surface area (TPSA) is 65.6 Å². The van der Waals surface area contributed by atoms with Crippen molar-refractivity contribution in [3.63, 3.8) is 0 Å². The van der Waals surface area contributed by atoms with E-state index < -0.39 is 6.10 Å². The van der Waals surface area contributed by atoms with Crippen molar-refractivity contribution in [3.05, 3.63) is 36.0 Å². The Kier molecular flexibility index (Phi) is 2.35. The number of nitrogens with zero attached hydrogens (tertiary/aromatic N) is 1. The van der Waals surface area contributed by atoms with E-state index in [0.717, 1.165) is 10.9 Å². The van der Waals surface area contributed by atoms with Gasteiger partial charge in [0, 0.05) is 17.1 Å². The van der Waals surface area contributed by atoms with Gasteiger partial charge in [-0.25, -0.2) is 5.06 Å². The largest absolute Gasteiger partial charge is 0.389 e. The lowest BCUT2D eigenvalue weighted by atomic mass is 10.1. The van der Waals surface area contributed by atoms with E-state index >= 15 is 0 Å². The number of nitrogens with one attached hydrogen (secondary N) is 1. The molecule has 17 heavy (non-hydrogen) atoms. The Morgan fingerprint density at radius 3 is 3.06 bits per heavy atom. The summed E-state index contributed by atoms with van der Waals surface area (Å²) in [5.41, 5.74) is 1.48. The first-order valence-corrected chi connectivity index (χ1v) is 5.44. The molecule has 2 N–H and O–H groups in total. The maximum Gasteiger partial charge on any atom is 0.279 e. The number of benzene rings is 1. The molecule has 2 heterocycles. The third-order valence-electron chi connectivity index (χ3n) is 2.85. The molecule has 1 aliphatic rings. The lowest BCUT2D eigenvalue weighted by Crippen LogP contribution is -2.28. The molecule has 5 nitrogen and oxygen atoms in total. The monoisotopic (exact) mass is 232 g/mol. The maximum atomic E-state index is 12.1. The zero-order valence-corrected chi connectivity index (χ0v) is 9.09. The van der Waals surface area contributed by atoms with Gasteiger partial charge in [-0.2, -0.15) is 0 Å². The molecule has 2 aromatic rings. The minimum Gasteiger partial charge on any atom is -0.389 e. The Bertz CT molecular complexity index is 564. The van der Waals surface area contributed by atoms with Crippen LogP contribution < -0.4 is 0 Å². The number of aliphatic hydroxyl groups is 1. The van der Waals surface area contributed by atoms with Gasteiger partial charge in [0.15, 0.2) is 0 Å². The first-order chi connectivity index (χ1) is 8.25. The van der Waals surface area contributed by atoms with E-state index in [1.807, 2.05) is 24.3 Å². The van der Waals surface area contributed by atoms with E-state index in [2.05, 4.69) is 4.98 Å². The summed E-state index contributed by atoms with van der Waals surface area (Å²) in [5.74, 6) is -0.223. The van der Waals surface area contributed by atoms with Gasteiger partial charge in [-0.05, 0) is 6.07 Å². The number of aromatic amines is 1. The van der Waals surface area contributed by atoms with Crippen molar-refractivity contribution in [1.29, 1.82) is 0 Å². The van der Waals surface area contributed by atoms with Crippen LogP contribution in [0.15, 0.2) is 30.5 Å². The highest BCUT2D eigenvalue weighted by Crippen LogP contribution is 2.20. The molecule has 88 valence electrons. The van der Waals surface area contributed by atoms with Crippen LogP contribution in [-0.2, 0) is 4.84 Å². The number of H-pyrrole nitrogens is 1. The van der Waals surface area contributed by atoms with E-state index in [-0.39, 0.29) is 19.1 Å². The normalized spacial score (nSPS) is 20.1. The number of carbonyl (C=O) groups is 1. The molecule has 0 aliphatic carbocycles. The highest BCUT2D eigenvalue weighted by atomic mass is 16.7. The Morgan fingerprint density at radius 1 is 1.47 bits per heavy atom. The number of aliphatic hydroxyl groups excluding tert-OH is 1. The summed E-state index contributed by atoms with van der Waals surface area (Å²) in [5, 5.41) is 11.4. The summed E-state index contributed by atoms with van der Waals surface area (Å²) in [7, 11) is 0. The van der Waals surface area contributed by atoms with Crippen molar-refractivity contribution in [2.45, 2.75) is 6.10 Å². The fourth-order valence-electron chi connectivity index (χ4n) is 2.00. The van der Waals surface area contributed by atoms with Gasteiger partial charge in [0.1, 0.15) is 12.7 Å². The van der Waals surface area contributed by atoms with Crippen molar-refractivity contribution in [2.75, 3.05) is 13.2 Å². The first kappa shape index (κ1) is 10.3. The Balaban J connectivity index is 1.96. The summed E-state index contributed by atoms with van der Waals surface area (Å²) in [6, 6.07) is 7.58. The Hall–Kier alpha value is -1.85. The number of para-hydroxylation sites is 1. The smallest absolute Gasteiger partial charge is 0.279 e. The van der Waals surface area contributed by atoms with Gasteiger partial charge in [-0.1, -0.05) is 18.2 Å². The standard InChI is InChI=1S/C12H12N2O3/c15-8-6-14(17-7-8)12(16)10-5-13-11-4-2-1-3-9(10)11/h1-5,8,13,15H,6-7H2. The van der Waals surface area contributed by atoms with Crippen molar-refractivity contribution in [2.24, 2.45) is 0 Å². The van der Waals surface area contributed by atoms with Gasteiger partial charge in [-0.15, -0.1) is 0 Å². The average Bonchev–Trinajstić information content (AvgIpc) is 2.94. The minimum atomic E-state index is -0.593. The maximum absolute atomic E-state index is 12.1. The lowest BCUT2D eigenvalue weighted by molar-refractivity contribution is -0.0778. The van der Waals surface area contributed by atoms with Crippen LogP contribution in [0.4, 0.5) is 0 Å². The van der Waals surface area contributed by atoms with E-state index in [4.69, 9.17) is 4.84 Å². The Labute approximate surface area is 97.6 Å². The highest BCUT2D eigenvalue weighted by molar-refractivity contribution is 6.06. The van der Waals surface area contributed by atoms with Crippen LogP contribution in [0.1, 0.15) is 10.4 Å². The molecule has 1 aliphatic heterocycles. The summed E-state index contributed by atoms with van der Waals surface area (Å²) >= 11 is 0. The number of aromatic nitrogens is 1. The Morgan fingerprint density at radius 2 is 2.29 bits per heavy atom. The molecular formula is C12H12N2O3. The molecule has 1 aromatic heterocycles. The number of fused-ring (bicyclic) bond motifs is 1. The molecule has 0 saturated carbocycles. The third kappa shape index (κ3) is 1.69. The van der Waals surface area contributed by atoms with Crippen molar-refractivity contribution in [1.82, 2.24) is 10.0 Å². The fourth-order valence-corrected chi connectivity index (χ4v) is 2.00. The molecule has 1 aromatic carbocycles. The zero-order valence-electron chi connectivity index (χ0n) is 9.09. The first-order valence-electron chi connectivity index (χ1n) is 5.44. The predicted molar refractivity (Wildman–Crippen MR) is 61.3 cm³/mol. The number of rotatable bonds is 1. The van der Waals surface area contributed by atoms with Gasteiger partial charge in [0.05, 0.1) is 12.1 Å². The molecule has 1 unspecified atom stereocenters. The van der Waals surface area contributed by atoms with E-state index in [9.17, 15) is 9.90 Å². The molecule has 0 spiro atoms. The second-order valence-electron chi connectivity index (χ2n) is 4.06. The predicted octanol–water partition coefficient (Wildman–Crippen LogP) is 0.916. The molecular weight excluding hydrogens is 220 g/mol. The van der Waals surface area contributed by atoms with Crippen LogP contribution >= 0.6 is 0 Å². The summed E-state index contributed by atoms with van der Waals surface area (Å²) in [6.07, 6.45) is 1.07. The summed E-state index contributed by atoms with van der Waals surface area (Å²) in [4.78, 5) is 20.3. The molecule has 0 radical (unpaired) electrons. The molecule has 1 saturated heterocycles. The van der Waals surface area contributed by atoms with Gasteiger partial charge in [0.2, 0.25) is 0 Å². The molecule has 1 fully saturated rings. The van der Waals surface area contributed by atoms with E-state index in [1.54, 1.807) is 6.20 Å². The van der Waals surface area contributed by atoms with Crippen molar-refractivity contribution in [3.8, 4) is 0 Å². The van der Waals surface area contributed by atoms with Crippen LogP contribution in [0.3, 0.4) is 0 Å². The number of hydrogen-bond donors (Lipinski definition) is 2. The fraction of sp³-hybridized carbons (Fsp3) is 0.250. The quantitative estimate of drug-likeness (QED) is 0.768. The molecule has 1 atom stereocenters. The number of β-amino-alcohol motifs (C(OH)–C–C–N with tert-alkyl or cyclic N) is 1. The number of hydroxylamine groups is 2. The lowest BCUT2D eigenvalue weighted by Gasteiger charge is -2.12. The van der Waals surface area contributed by atoms with Crippen LogP contribution in [0, 0.1) is 0 Å². The van der Waals surface area contributed by atoms with Crippen LogP contribution in [0.5, 0.6) is 0 Å². The second kappa shape index (κ2) is 3.87. The van der Waals surface area contributed by atoms with Crippen molar-refractivity contribution < 1.29 is 14.7 Å². The molecule has 3 rings (SSSR count). The van der Waals surface area contributed by atoms with Gasteiger partial charge >= 0.3 is 0 Å². The number of hydrogen-bond acceptors (Lipinski definition) is 3. The van der Waals surface area contributed by atoms with Crippen LogP contribution in [0.25, 0.3) is 10.9 Å². The van der Waals surface area contributed by atoms with E-state index in [0.29, 0.717) is 5.56 Å². The number of carbonyl (C=O) groups excluding carboxylic acids is 1. The van der Waals surface area contributed by atoms with Crippen LogP contribution in [0.2, 0.25) is 0 Å². The summed E-state index contributed by atoms with van der Waals surface area (Å²) in [6.45, 7) is 0.395. The second-order valence-corrected chi connectivity index (χ2v) is 4.06. The number of amides is 1.